The third-order valence-electron chi connectivity index (χ3n) is 1.98. The molecule has 86 valence electrons. The van der Waals surface area contributed by atoms with Crippen LogP contribution in [0.5, 0.6) is 0 Å². The molecular weight excluding hydrogens is 242 g/mol. The van der Waals surface area contributed by atoms with Gasteiger partial charge in [0.25, 0.3) is 0 Å². The Kier molecular flexibility index (Phi) is 4.41. The van der Waals surface area contributed by atoms with Crippen molar-refractivity contribution in [3.63, 3.8) is 0 Å². The van der Waals surface area contributed by atoms with E-state index in [1.165, 1.54) is 0 Å². The lowest BCUT2D eigenvalue weighted by atomic mass is 10.4. The second kappa shape index (κ2) is 6.05. The fourth-order valence-corrected chi connectivity index (χ4v) is 2.73. The predicted molar refractivity (Wildman–Crippen MR) is 66.8 cm³/mol. The maximum Gasteiger partial charge on any atom is 0.135 e. The molecule has 0 atom stereocenters. The molecule has 0 fully saturated rings. The summed E-state index contributed by atoms with van der Waals surface area (Å²) in [6, 6.07) is 0. The van der Waals surface area contributed by atoms with Crippen molar-refractivity contribution >= 4 is 22.7 Å². The van der Waals surface area contributed by atoms with E-state index in [1.54, 1.807) is 29.8 Å². The van der Waals surface area contributed by atoms with Crippen LogP contribution in [0.3, 0.4) is 0 Å². The van der Waals surface area contributed by atoms with Crippen molar-refractivity contribution in [2.45, 2.75) is 6.54 Å². The Morgan fingerprint density at radius 2 is 2.38 bits per heavy atom. The molecule has 0 aliphatic carbocycles. The summed E-state index contributed by atoms with van der Waals surface area (Å²) in [4.78, 5) is 9.72. The molecule has 2 aromatic rings. The molecule has 0 saturated heterocycles. The van der Waals surface area contributed by atoms with E-state index in [0.29, 0.717) is 0 Å². The Balaban J connectivity index is 1.88. The van der Waals surface area contributed by atoms with E-state index in [2.05, 4.69) is 20.7 Å². The molecule has 0 amide bonds. The fourth-order valence-electron chi connectivity index (χ4n) is 1.21. The third kappa shape index (κ3) is 3.08. The molecule has 0 saturated carbocycles. The Morgan fingerprint density at radius 1 is 1.44 bits per heavy atom. The summed E-state index contributed by atoms with van der Waals surface area (Å²) >= 11 is 3.28. The van der Waals surface area contributed by atoms with E-state index in [4.69, 9.17) is 4.74 Å². The Bertz CT molecular complexity index is 413. The second-order valence-corrected chi connectivity index (χ2v) is 4.92. The molecule has 6 heteroatoms. The number of hydrogen-bond acceptors (Lipinski definition) is 6. The van der Waals surface area contributed by atoms with Crippen molar-refractivity contribution < 1.29 is 4.74 Å². The lowest BCUT2D eigenvalue weighted by Crippen LogP contribution is -2.18. The normalized spacial score (nSPS) is 10.8. The van der Waals surface area contributed by atoms with Gasteiger partial charge in [-0.1, -0.05) is 0 Å². The van der Waals surface area contributed by atoms with Crippen LogP contribution in [0.4, 0.5) is 0 Å². The molecule has 4 nitrogen and oxygen atoms in total. The Hall–Kier alpha value is -0.820. The molecule has 0 spiro atoms. The van der Waals surface area contributed by atoms with Crippen molar-refractivity contribution in [2.24, 2.45) is 0 Å². The summed E-state index contributed by atoms with van der Waals surface area (Å²) in [5.74, 6) is 0. The van der Waals surface area contributed by atoms with Crippen molar-refractivity contribution in [3.8, 4) is 9.88 Å². The SMILES string of the molecule is COCCNCc1csc(-c2cncs2)n1. The first kappa shape index (κ1) is 11.7. The van der Waals surface area contributed by atoms with Crippen molar-refractivity contribution in [3.05, 3.63) is 22.8 Å². The van der Waals surface area contributed by atoms with Gasteiger partial charge in [0.05, 0.1) is 22.7 Å². The number of nitrogens with one attached hydrogen (secondary N) is 1. The van der Waals surface area contributed by atoms with E-state index in [0.717, 1.165) is 35.3 Å². The van der Waals surface area contributed by atoms with Crippen molar-refractivity contribution in [1.82, 2.24) is 15.3 Å². The highest BCUT2D eigenvalue weighted by Gasteiger charge is 2.05. The lowest BCUT2D eigenvalue weighted by molar-refractivity contribution is 0.199. The van der Waals surface area contributed by atoms with Gasteiger partial charge in [0.1, 0.15) is 5.01 Å². The molecular formula is C10H13N3OS2. The zero-order valence-electron chi connectivity index (χ0n) is 8.97. The topological polar surface area (TPSA) is 47.0 Å². The molecule has 0 aromatic carbocycles. The maximum atomic E-state index is 4.96. The summed E-state index contributed by atoms with van der Waals surface area (Å²) in [5.41, 5.74) is 2.90. The number of thiazole rings is 2. The second-order valence-electron chi connectivity index (χ2n) is 3.18. The zero-order valence-corrected chi connectivity index (χ0v) is 10.6. The summed E-state index contributed by atoms with van der Waals surface area (Å²) in [5, 5.41) is 6.39. The fraction of sp³-hybridized carbons (Fsp3) is 0.400. The quantitative estimate of drug-likeness (QED) is 0.802. The van der Waals surface area contributed by atoms with Gasteiger partial charge in [-0.2, -0.15) is 0 Å². The number of hydrogen-bond donors (Lipinski definition) is 1. The van der Waals surface area contributed by atoms with Gasteiger partial charge in [-0.25, -0.2) is 4.98 Å². The molecule has 0 radical (unpaired) electrons. The minimum atomic E-state index is 0.728. The van der Waals surface area contributed by atoms with Gasteiger partial charge in [0.15, 0.2) is 0 Å². The van der Waals surface area contributed by atoms with E-state index < -0.39 is 0 Å². The zero-order chi connectivity index (χ0) is 11.2. The Morgan fingerprint density at radius 3 is 3.12 bits per heavy atom. The average molecular weight is 255 g/mol. The van der Waals surface area contributed by atoms with Crippen LogP contribution in [0.1, 0.15) is 5.69 Å². The highest BCUT2D eigenvalue weighted by molar-refractivity contribution is 7.19. The van der Waals surface area contributed by atoms with Crippen LogP contribution in [-0.4, -0.2) is 30.2 Å². The molecule has 2 heterocycles. The van der Waals surface area contributed by atoms with Crippen molar-refractivity contribution in [1.29, 1.82) is 0 Å². The largest absolute Gasteiger partial charge is 0.383 e. The minimum Gasteiger partial charge on any atom is -0.383 e. The molecule has 0 aliphatic rings. The van der Waals surface area contributed by atoms with Gasteiger partial charge >= 0.3 is 0 Å². The number of rotatable bonds is 6. The molecule has 0 aliphatic heterocycles. The number of ether oxygens (including phenoxy) is 1. The predicted octanol–water partition coefficient (Wildman–Crippen LogP) is 2.00. The first-order valence-electron chi connectivity index (χ1n) is 4.93. The highest BCUT2D eigenvalue weighted by Crippen LogP contribution is 2.26. The van der Waals surface area contributed by atoms with Crippen LogP contribution in [0, 0.1) is 0 Å². The van der Waals surface area contributed by atoms with Crippen LogP contribution in [0.15, 0.2) is 17.1 Å². The number of methoxy groups -OCH3 is 1. The van der Waals surface area contributed by atoms with Crippen LogP contribution < -0.4 is 5.32 Å². The van der Waals surface area contributed by atoms with Gasteiger partial charge in [0, 0.05) is 31.8 Å². The van der Waals surface area contributed by atoms with Gasteiger partial charge in [0.2, 0.25) is 0 Å². The Labute approximate surface area is 102 Å². The summed E-state index contributed by atoms with van der Waals surface area (Å²) in [6.07, 6.45) is 1.85. The first-order chi connectivity index (χ1) is 7.90. The van der Waals surface area contributed by atoms with Gasteiger partial charge in [-0.05, 0) is 0 Å². The monoisotopic (exact) mass is 255 g/mol. The summed E-state index contributed by atoms with van der Waals surface area (Å²) in [7, 11) is 1.70. The molecule has 0 unspecified atom stereocenters. The van der Waals surface area contributed by atoms with E-state index in [-0.39, 0.29) is 0 Å². The van der Waals surface area contributed by atoms with Crippen LogP contribution in [-0.2, 0) is 11.3 Å². The first-order valence-corrected chi connectivity index (χ1v) is 6.69. The van der Waals surface area contributed by atoms with Gasteiger partial charge in [-0.15, -0.1) is 22.7 Å². The summed E-state index contributed by atoms with van der Waals surface area (Å²) in [6.45, 7) is 2.37. The molecule has 0 bridgehead atoms. The smallest absolute Gasteiger partial charge is 0.135 e. The maximum absolute atomic E-state index is 4.96. The molecule has 2 aromatic heterocycles. The van der Waals surface area contributed by atoms with Gasteiger partial charge in [-0.3, -0.25) is 4.98 Å². The third-order valence-corrected chi connectivity index (χ3v) is 3.82. The van der Waals surface area contributed by atoms with E-state index >= 15 is 0 Å². The van der Waals surface area contributed by atoms with E-state index in [9.17, 15) is 0 Å². The molecule has 1 N–H and O–H groups in total. The average Bonchev–Trinajstić information content (AvgIpc) is 2.94. The minimum absolute atomic E-state index is 0.728. The lowest BCUT2D eigenvalue weighted by Gasteiger charge is -2.00. The van der Waals surface area contributed by atoms with Gasteiger partial charge < -0.3 is 10.1 Å². The van der Waals surface area contributed by atoms with Crippen LogP contribution in [0.2, 0.25) is 0 Å². The van der Waals surface area contributed by atoms with E-state index in [1.807, 2.05) is 11.7 Å². The number of aromatic nitrogens is 2. The standard InChI is InChI=1S/C10H13N3OS2/c1-14-3-2-11-4-8-6-15-10(13-8)9-5-12-7-16-9/h5-7,11H,2-4H2,1H3. The van der Waals surface area contributed by atoms with Crippen molar-refractivity contribution in [2.75, 3.05) is 20.3 Å². The number of nitrogens with zero attached hydrogens (tertiary/aromatic N) is 2. The van der Waals surface area contributed by atoms with Crippen LogP contribution >= 0.6 is 22.7 Å². The molecule has 16 heavy (non-hydrogen) atoms. The highest BCUT2D eigenvalue weighted by atomic mass is 32.1. The van der Waals surface area contributed by atoms with Crippen LogP contribution in [0.25, 0.3) is 9.88 Å². The summed E-state index contributed by atoms with van der Waals surface area (Å²) < 4.78 is 4.96. The molecule has 2 rings (SSSR count).